The number of benzene rings is 1. The van der Waals surface area contributed by atoms with E-state index in [9.17, 15) is 4.79 Å². The number of amides is 1. The van der Waals surface area contributed by atoms with Gasteiger partial charge in [0.25, 0.3) is 0 Å². The van der Waals surface area contributed by atoms with E-state index in [0.717, 1.165) is 12.2 Å². The van der Waals surface area contributed by atoms with Crippen molar-refractivity contribution in [3.05, 3.63) is 29.8 Å². The van der Waals surface area contributed by atoms with Crippen LogP contribution in [-0.4, -0.2) is 25.1 Å². The Bertz CT molecular complexity index is 405. The molecule has 0 aliphatic heterocycles. The van der Waals surface area contributed by atoms with Crippen LogP contribution < -0.4 is 15.8 Å². The maximum atomic E-state index is 11.5. The Morgan fingerprint density at radius 1 is 1.24 bits per heavy atom. The number of hydrogen-bond donors (Lipinski definition) is 2. The largest absolute Gasteiger partial charge is 0.493 e. The van der Waals surface area contributed by atoms with Crippen molar-refractivity contribution in [2.24, 2.45) is 5.73 Å². The van der Waals surface area contributed by atoms with Crippen LogP contribution in [0.25, 0.3) is 0 Å². The van der Waals surface area contributed by atoms with E-state index in [4.69, 9.17) is 10.5 Å². The van der Waals surface area contributed by atoms with Gasteiger partial charge in [-0.1, -0.05) is 26.0 Å². The zero-order chi connectivity index (χ0) is 15.0. The SMILES string of the molecule is CC(N)CCNC(=O)CCOc1ccc(C(C)C)cc1.Cl. The topological polar surface area (TPSA) is 64.3 Å². The number of rotatable bonds is 8. The summed E-state index contributed by atoms with van der Waals surface area (Å²) in [4.78, 5) is 11.5. The standard InChI is InChI=1S/C16H26N2O2.ClH/c1-12(2)14-4-6-15(7-5-14)20-11-9-16(19)18-10-8-13(3)17;/h4-7,12-13H,8-11,17H2,1-3H3,(H,18,19);1H. The van der Waals surface area contributed by atoms with Gasteiger partial charge in [-0.05, 0) is 37.0 Å². The van der Waals surface area contributed by atoms with Crippen LogP contribution in [0.5, 0.6) is 5.75 Å². The maximum absolute atomic E-state index is 11.5. The van der Waals surface area contributed by atoms with Gasteiger partial charge in [-0.15, -0.1) is 12.4 Å². The first-order valence-electron chi connectivity index (χ1n) is 7.24. The average molecular weight is 315 g/mol. The summed E-state index contributed by atoms with van der Waals surface area (Å²) < 4.78 is 5.55. The molecule has 0 heterocycles. The second-order valence-electron chi connectivity index (χ2n) is 5.44. The van der Waals surface area contributed by atoms with E-state index in [-0.39, 0.29) is 24.4 Å². The molecule has 1 aromatic rings. The molecule has 0 spiro atoms. The van der Waals surface area contributed by atoms with Gasteiger partial charge in [0.05, 0.1) is 13.0 Å². The Kier molecular flexibility index (Phi) is 9.84. The van der Waals surface area contributed by atoms with Crippen molar-refractivity contribution >= 4 is 18.3 Å². The Labute approximate surface area is 133 Å². The maximum Gasteiger partial charge on any atom is 0.223 e. The molecule has 0 aromatic heterocycles. The van der Waals surface area contributed by atoms with Crippen molar-refractivity contribution in [1.29, 1.82) is 0 Å². The summed E-state index contributed by atoms with van der Waals surface area (Å²) in [5.74, 6) is 1.32. The molecule has 0 bridgehead atoms. The van der Waals surface area contributed by atoms with Crippen LogP contribution in [0.3, 0.4) is 0 Å². The molecular formula is C16H27ClN2O2. The average Bonchev–Trinajstić information content (AvgIpc) is 2.39. The molecule has 0 fully saturated rings. The normalized spacial score (nSPS) is 11.7. The number of ether oxygens (including phenoxy) is 1. The highest BCUT2D eigenvalue weighted by Gasteiger charge is 2.03. The summed E-state index contributed by atoms with van der Waals surface area (Å²) in [5.41, 5.74) is 6.90. The molecule has 0 aliphatic carbocycles. The molecule has 1 rings (SSSR count). The zero-order valence-corrected chi connectivity index (χ0v) is 13.9. The molecule has 1 aromatic carbocycles. The van der Waals surface area contributed by atoms with E-state index in [2.05, 4.69) is 31.3 Å². The lowest BCUT2D eigenvalue weighted by Gasteiger charge is -2.10. The Hall–Kier alpha value is -1.26. The smallest absolute Gasteiger partial charge is 0.223 e. The number of hydrogen-bond acceptors (Lipinski definition) is 3. The van der Waals surface area contributed by atoms with Crippen molar-refractivity contribution < 1.29 is 9.53 Å². The Morgan fingerprint density at radius 3 is 2.38 bits per heavy atom. The highest BCUT2D eigenvalue weighted by atomic mass is 35.5. The fourth-order valence-electron chi connectivity index (χ4n) is 1.74. The van der Waals surface area contributed by atoms with Crippen molar-refractivity contribution in [2.75, 3.05) is 13.2 Å². The predicted molar refractivity (Wildman–Crippen MR) is 89.2 cm³/mol. The second-order valence-corrected chi connectivity index (χ2v) is 5.44. The minimum atomic E-state index is 0. The number of nitrogens with two attached hydrogens (primary N) is 1. The van der Waals surface area contributed by atoms with Crippen LogP contribution in [0.1, 0.15) is 45.1 Å². The summed E-state index contributed by atoms with van der Waals surface area (Å²) in [6.45, 7) is 7.26. The van der Waals surface area contributed by atoms with Gasteiger partial charge < -0.3 is 15.8 Å². The predicted octanol–water partition coefficient (Wildman–Crippen LogP) is 2.85. The van der Waals surface area contributed by atoms with Gasteiger partial charge in [0.1, 0.15) is 5.75 Å². The minimum Gasteiger partial charge on any atom is -0.493 e. The molecular weight excluding hydrogens is 288 g/mol. The van der Waals surface area contributed by atoms with E-state index < -0.39 is 0 Å². The van der Waals surface area contributed by atoms with E-state index in [1.807, 2.05) is 19.1 Å². The minimum absolute atomic E-state index is 0. The molecule has 3 N–H and O–H groups in total. The van der Waals surface area contributed by atoms with Crippen molar-refractivity contribution in [3.63, 3.8) is 0 Å². The van der Waals surface area contributed by atoms with Crippen molar-refractivity contribution in [2.45, 2.75) is 45.6 Å². The molecule has 5 heteroatoms. The lowest BCUT2D eigenvalue weighted by Crippen LogP contribution is -2.29. The number of nitrogens with one attached hydrogen (secondary N) is 1. The highest BCUT2D eigenvalue weighted by Crippen LogP contribution is 2.18. The first-order valence-corrected chi connectivity index (χ1v) is 7.24. The zero-order valence-electron chi connectivity index (χ0n) is 13.1. The summed E-state index contributed by atoms with van der Waals surface area (Å²) >= 11 is 0. The van der Waals surface area contributed by atoms with Crippen LogP contribution in [0, 0.1) is 0 Å². The van der Waals surface area contributed by atoms with Gasteiger partial charge in [-0.3, -0.25) is 4.79 Å². The third kappa shape index (κ3) is 8.58. The molecule has 0 saturated carbocycles. The van der Waals surface area contributed by atoms with Crippen LogP contribution >= 0.6 is 12.4 Å². The van der Waals surface area contributed by atoms with Crippen LogP contribution in [0.2, 0.25) is 0 Å². The summed E-state index contributed by atoms with van der Waals surface area (Å²) in [6.07, 6.45) is 1.16. The summed E-state index contributed by atoms with van der Waals surface area (Å²) in [5, 5.41) is 2.83. The highest BCUT2D eigenvalue weighted by molar-refractivity contribution is 5.85. The summed E-state index contributed by atoms with van der Waals surface area (Å²) in [7, 11) is 0. The van der Waals surface area contributed by atoms with Crippen LogP contribution in [-0.2, 0) is 4.79 Å². The first-order chi connectivity index (χ1) is 9.49. The molecule has 0 saturated heterocycles. The van der Waals surface area contributed by atoms with Crippen LogP contribution in [0.4, 0.5) is 0 Å². The molecule has 0 aliphatic rings. The van der Waals surface area contributed by atoms with E-state index in [0.29, 0.717) is 25.5 Å². The number of carbonyl (C=O) groups is 1. The monoisotopic (exact) mass is 314 g/mol. The Balaban J connectivity index is 0.00000400. The number of halogens is 1. The fraction of sp³-hybridized carbons (Fsp3) is 0.562. The molecule has 120 valence electrons. The molecule has 4 nitrogen and oxygen atoms in total. The van der Waals surface area contributed by atoms with E-state index >= 15 is 0 Å². The third-order valence-corrected chi connectivity index (χ3v) is 3.07. The van der Waals surface area contributed by atoms with Crippen molar-refractivity contribution in [3.8, 4) is 5.75 Å². The van der Waals surface area contributed by atoms with Gasteiger partial charge in [-0.2, -0.15) is 0 Å². The van der Waals surface area contributed by atoms with E-state index in [1.165, 1.54) is 5.56 Å². The second kappa shape index (κ2) is 10.5. The van der Waals surface area contributed by atoms with Gasteiger partial charge in [0, 0.05) is 12.6 Å². The molecule has 21 heavy (non-hydrogen) atoms. The van der Waals surface area contributed by atoms with Crippen molar-refractivity contribution in [1.82, 2.24) is 5.32 Å². The van der Waals surface area contributed by atoms with Gasteiger partial charge >= 0.3 is 0 Å². The molecule has 1 unspecified atom stereocenters. The molecule has 1 amide bonds. The number of carbonyl (C=O) groups excluding carboxylic acids is 1. The van der Waals surface area contributed by atoms with Gasteiger partial charge in [0.2, 0.25) is 5.91 Å². The van der Waals surface area contributed by atoms with Gasteiger partial charge in [0.15, 0.2) is 0 Å². The quantitative estimate of drug-likeness (QED) is 0.775. The lowest BCUT2D eigenvalue weighted by atomic mass is 10.0. The molecule has 1 atom stereocenters. The lowest BCUT2D eigenvalue weighted by molar-refractivity contribution is -0.121. The fourth-order valence-corrected chi connectivity index (χ4v) is 1.74. The van der Waals surface area contributed by atoms with Crippen LogP contribution in [0.15, 0.2) is 24.3 Å². The third-order valence-electron chi connectivity index (χ3n) is 3.07. The summed E-state index contributed by atoms with van der Waals surface area (Å²) in [6, 6.07) is 8.13. The first kappa shape index (κ1) is 19.7. The van der Waals surface area contributed by atoms with E-state index in [1.54, 1.807) is 0 Å². The molecule has 0 radical (unpaired) electrons. The van der Waals surface area contributed by atoms with Gasteiger partial charge in [-0.25, -0.2) is 0 Å². The Morgan fingerprint density at radius 2 is 1.86 bits per heavy atom.